The van der Waals surface area contributed by atoms with Gasteiger partial charge in [0.2, 0.25) is 0 Å². The van der Waals surface area contributed by atoms with Crippen molar-refractivity contribution in [3.63, 3.8) is 0 Å². The maximum atomic E-state index is 12.4. The van der Waals surface area contributed by atoms with Crippen LogP contribution in [0.4, 0.5) is 0 Å². The molecule has 0 atom stereocenters. The lowest BCUT2D eigenvalue weighted by atomic mass is 10.1. The molecule has 6 nitrogen and oxygen atoms in total. The molecule has 0 radical (unpaired) electrons. The zero-order valence-electron chi connectivity index (χ0n) is 13.1. The molecular weight excluding hydrogens is 292 g/mol. The number of carbonyl (C=O) groups is 1. The third kappa shape index (κ3) is 3.01. The monoisotopic (exact) mass is 310 g/mol. The lowest BCUT2D eigenvalue weighted by Crippen LogP contribution is -2.26. The molecular formula is C17H18N4O2. The summed E-state index contributed by atoms with van der Waals surface area (Å²) < 4.78 is 0. The van der Waals surface area contributed by atoms with Crippen molar-refractivity contribution in [3.8, 4) is 0 Å². The number of fused-ring (bicyclic) bond motifs is 1. The van der Waals surface area contributed by atoms with Crippen LogP contribution < -0.4 is 10.9 Å². The molecule has 2 aromatic heterocycles. The zero-order valence-corrected chi connectivity index (χ0v) is 13.1. The average Bonchev–Trinajstić information content (AvgIpc) is 2.82. The molecule has 0 fully saturated rings. The van der Waals surface area contributed by atoms with Gasteiger partial charge in [-0.3, -0.25) is 9.59 Å². The summed E-state index contributed by atoms with van der Waals surface area (Å²) in [6.07, 6.45) is 1.87. The van der Waals surface area contributed by atoms with Crippen molar-refractivity contribution < 1.29 is 4.79 Å². The fourth-order valence-electron chi connectivity index (χ4n) is 2.62. The Labute approximate surface area is 133 Å². The number of nitrogens with zero attached hydrogens (tertiary/aromatic N) is 1. The number of hydrogen-bond acceptors (Lipinski definition) is 3. The maximum Gasteiger partial charge on any atom is 0.253 e. The van der Waals surface area contributed by atoms with Gasteiger partial charge in [-0.15, -0.1) is 0 Å². The van der Waals surface area contributed by atoms with Crippen LogP contribution in [0.15, 0.2) is 35.4 Å². The van der Waals surface area contributed by atoms with Crippen LogP contribution >= 0.6 is 0 Å². The van der Waals surface area contributed by atoms with Crippen molar-refractivity contribution in [2.24, 2.45) is 0 Å². The second-order valence-electron chi connectivity index (χ2n) is 5.51. The topological polar surface area (TPSA) is 90.6 Å². The summed E-state index contributed by atoms with van der Waals surface area (Å²) in [7, 11) is 0. The molecule has 6 heteroatoms. The van der Waals surface area contributed by atoms with Gasteiger partial charge in [-0.2, -0.15) is 0 Å². The standard InChI is InChI=1S/C17H18N4O2/c1-10-11(2)21-16-13(10)4-3-5-14(16)17(23)18-7-6-12-8-15(22)20-9-19-12/h3-5,8-9,21H,6-7H2,1-2H3,(H,18,23)(H,19,20,22). The van der Waals surface area contributed by atoms with E-state index in [0.29, 0.717) is 24.2 Å². The number of nitrogens with one attached hydrogen (secondary N) is 3. The summed E-state index contributed by atoms with van der Waals surface area (Å²) in [4.78, 5) is 33.4. The largest absolute Gasteiger partial charge is 0.358 e. The molecule has 1 aromatic carbocycles. The SMILES string of the molecule is Cc1[nH]c2c(C(=O)NCCc3cc(=O)[nH]cn3)cccc2c1C. The lowest BCUT2D eigenvalue weighted by molar-refractivity contribution is 0.0955. The number of hydrogen-bond donors (Lipinski definition) is 3. The minimum Gasteiger partial charge on any atom is -0.358 e. The smallest absolute Gasteiger partial charge is 0.253 e. The highest BCUT2D eigenvalue weighted by molar-refractivity contribution is 6.06. The molecule has 0 saturated carbocycles. The Morgan fingerprint density at radius 2 is 2.13 bits per heavy atom. The van der Waals surface area contributed by atoms with Gasteiger partial charge < -0.3 is 15.3 Å². The second-order valence-corrected chi connectivity index (χ2v) is 5.51. The van der Waals surface area contributed by atoms with E-state index < -0.39 is 0 Å². The van der Waals surface area contributed by atoms with Gasteiger partial charge in [-0.25, -0.2) is 4.98 Å². The highest BCUT2D eigenvalue weighted by Gasteiger charge is 2.13. The fourth-order valence-corrected chi connectivity index (χ4v) is 2.62. The van der Waals surface area contributed by atoms with E-state index in [1.807, 2.05) is 26.0 Å². The van der Waals surface area contributed by atoms with Crippen LogP contribution in [0.25, 0.3) is 10.9 Å². The normalized spacial score (nSPS) is 10.9. The number of carbonyl (C=O) groups excluding carboxylic acids is 1. The van der Waals surface area contributed by atoms with Crippen molar-refractivity contribution in [1.82, 2.24) is 20.3 Å². The van der Waals surface area contributed by atoms with Crippen molar-refractivity contribution in [1.29, 1.82) is 0 Å². The Morgan fingerprint density at radius 1 is 1.30 bits per heavy atom. The Hall–Kier alpha value is -2.89. The minimum atomic E-state index is -0.191. The molecule has 1 amide bonds. The summed E-state index contributed by atoms with van der Waals surface area (Å²) in [6, 6.07) is 7.13. The van der Waals surface area contributed by atoms with Gasteiger partial charge in [-0.05, 0) is 25.5 Å². The first-order chi connectivity index (χ1) is 11.1. The van der Waals surface area contributed by atoms with E-state index in [2.05, 4.69) is 20.3 Å². The van der Waals surface area contributed by atoms with Crippen LogP contribution in [0, 0.1) is 13.8 Å². The number of aryl methyl sites for hydroxylation is 2. The first-order valence-electron chi connectivity index (χ1n) is 7.46. The van der Waals surface area contributed by atoms with Gasteiger partial charge in [0.05, 0.1) is 17.4 Å². The molecule has 0 saturated heterocycles. The molecule has 0 aliphatic heterocycles. The van der Waals surface area contributed by atoms with Crippen LogP contribution in [0.1, 0.15) is 27.3 Å². The highest BCUT2D eigenvalue weighted by Crippen LogP contribution is 2.24. The number of benzene rings is 1. The Bertz CT molecular complexity index is 924. The lowest BCUT2D eigenvalue weighted by Gasteiger charge is -2.06. The Balaban J connectivity index is 1.74. The van der Waals surface area contributed by atoms with Gasteiger partial charge in [0.1, 0.15) is 0 Å². The van der Waals surface area contributed by atoms with Crippen LogP contribution in [-0.4, -0.2) is 27.4 Å². The first kappa shape index (κ1) is 15.0. The van der Waals surface area contributed by atoms with Crippen molar-refractivity contribution >= 4 is 16.8 Å². The van der Waals surface area contributed by atoms with E-state index in [4.69, 9.17) is 0 Å². The average molecular weight is 310 g/mol. The van der Waals surface area contributed by atoms with Gasteiger partial charge in [-0.1, -0.05) is 12.1 Å². The third-order valence-corrected chi connectivity index (χ3v) is 3.99. The van der Waals surface area contributed by atoms with Gasteiger partial charge in [0.15, 0.2) is 0 Å². The quantitative estimate of drug-likeness (QED) is 0.687. The van der Waals surface area contributed by atoms with E-state index >= 15 is 0 Å². The van der Waals surface area contributed by atoms with E-state index in [-0.39, 0.29) is 11.5 Å². The molecule has 118 valence electrons. The Morgan fingerprint density at radius 3 is 2.91 bits per heavy atom. The van der Waals surface area contributed by atoms with E-state index in [1.165, 1.54) is 12.4 Å². The number of para-hydroxylation sites is 1. The van der Waals surface area contributed by atoms with Gasteiger partial charge in [0.25, 0.3) is 11.5 Å². The molecule has 2 heterocycles. The second kappa shape index (κ2) is 6.08. The van der Waals surface area contributed by atoms with Crippen molar-refractivity contribution in [3.05, 3.63) is 63.5 Å². The van der Waals surface area contributed by atoms with E-state index in [1.54, 1.807) is 6.07 Å². The summed E-state index contributed by atoms with van der Waals surface area (Å²) in [6.45, 7) is 4.45. The first-order valence-corrected chi connectivity index (χ1v) is 7.46. The molecule has 0 spiro atoms. The van der Waals surface area contributed by atoms with Crippen LogP contribution in [-0.2, 0) is 6.42 Å². The van der Waals surface area contributed by atoms with Crippen molar-refractivity contribution in [2.75, 3.05) is 6.54 Å². The molecule has 3 aromatic rings. The predicted octanol–water partition coefficient (Wildman–Crippen LogP) is 1.84. The highest BCUT2D eigenvalue weighted by atomic mass is 16.1. The number of aromatic amines is 2. The molecule has 23 heavy (non-hydrogen) atoms. The maximum absolute atomic E-state index is 12.4. The van der Waals surface area contributed by atoms with Gasteiger partial charge in [0, 0.05) is 35.8 Å². The molecule has 0 aliphatic rings. The summed E-state index contributed by atoms with van der Waals surface area (Å²) in [5.74, 6) is -0.137. The van der Waals surface area contributed by atoms with E-state index in [9.17, 15) is 9.59 Å². The number of rotatable bonds is 4. The summed E-state index contributed by atoms with van der Waals surface area (Å²) >= 11 is 0. The molecule has 0 unspecified atom stereocenters. The van der Waals surface area contributed by atoms with E-state index in [0.717, 1.165) is 22.2 Å². The molecule has 0 bridgehead atoms. The van der Waals surface area contributed by atoms with Crippen LogP contribution in [0.5, 0.6) is 0 Å². The number of aromatic nitrogens is 3. The summed E-state index contributed by atoms with van der Waals surface area (Å²) in [5, 5.41) is 3.94. The Kier molecular flexibility index (Phi) is 3.97. The third-order valence-electron chi connectivity index (χ3n) is 3.99. The van der Waals surface area contributed by atoms with Crippen LogP contribution in [0.3, 0.4) is 0 Å². The fraction of sp³-hybridized carbons (Fsp3) is 0.235. The number of H-pyrrole nitrogens is 2. The predicted molar refractivity (Wildman–Crippen MR) is 88.7 cm³/mol. The molecule has 3 rings (SSSR count). The molecule has 0 aliphatic carbocycles. The zero-order chi connectivity index (χ0) is 16.4. The van der Waals surface area contributed by atoms with Crippen LogP contribution in [0.2, 0.25) is 0 Å². The number of amides is 1. The van der Waals surface area contributed by atoms with Crippen molar-refractivity contribution in [2.45, 2.75) is 20.3 Å². The molecule has 3 N–H and O–H groups in total. The van der Waals surface area contributed by atoms with Gasteiger partial charge >= 0.3 is 0 Å². The summed E-state index contributed by atoms with van der Waals surface area (Å²) in [5.41, 5.74) is 4.16. The minimum absolute atomic E-state index is 0.137.